The normalized spacial score (nSPS) is 15.7. The van der Waals surface area contributed by atoms with Crippen molar-refractivity contribution in [2.75, 3.05) is 31.1 Å². The lowest BCUT2D eigenvalue weighted by Crippen LogP contribution is -2.35. The Balaban J connectivity index is 1.70. The fraction of sp³-hybridized carbons (Fsp3) is 0.412. The Bertz CT molecular complexity index is 665. The molecule has 0 N–H and O–H groups in total. The molecule has 116 valence electrons. The van der Waals surface area contributed by atoms with Gasteiger partial charge in [-0.2, -0.15) is 0 Å². The van der Waals surface area contributed by atoms with Gasteiger partial charge in [-0.25, -0.2) is 0 Å². The van der Waals surface area contributed by atoms with Crippen molar-refractivity contribution in [2.45, 2.75) is 20.3 Å². The molecule has 5 nitrogen and oxygen atoms in total. The summed E-state index contributed by atoms with van der Waals surface area (Å²) in [5, 5.41) is 0. The predicted octanol–water partition coefficient (Wildman–Crippen LogP) is 2.64. The number of amides is 1. The fourth-order valence-corrected chi connectivity index (χ4v) is 2.88. The first-order valence-corrected chi connectivity index (χ1v) is 7.66. The van der Waals surface area contributed by atoms with E-state index in [1.165, 1.54) is 5.69 Å². The van der Waals surface area contributed by atoms with E-state index in [0.29, 0.717) is 11.3 Å². The van der Waals surface area contributed by atoms with Crippen molar-refractivity contribution in [3.8, 4) is 0 Å². The number of hydrogen-bond acceptors (Lipinski definition) is 4. The van der Waals surface area contributed by atoms with Crippen molar-refractivity contribution in [2.24, 2.45) is 0 Å². The summed E-state index contributed by atoms with van der Waals surface area (Å²) in [5.74, 6) is 0.759. The summed E-state index contributed by atoms with van der Waals surface area (Å²) in [6.07, 6.45) is 4.38. The van der Waals surface area contributed by atoms with Gasteiger partial charge in [-0.05, 0) is 38.5 Å². The van der Waals surface area contributed by atoms with Crippen LogP contribution < -0.4 is 4.90 Å². The number of aryl methyl sites for hydroxylation is 2. The zero-order valence-electron chi connectivity index (χ0n) is 13.1. The second kappa shape index (κ2) is 6.22. The van der Waals surface area contributed by atoms with E-state index in [9.17, 15) is 4.79 Å². The molecule has 0 unspecified atom stereocenters. The highest BCUT2D eigenvalue weighted by Gasteiger charge is 2.22. The second-order valence-corrected chi connectivity index (χ2v) is 5.68. The van der Waals surface area contributed by atoms with Gasteiger partial charge in [0.05, 0.1) is 11.8 Å². The van der Waals surface area contributed by atoms with Crippen LogP contribution in [-0.4, -0.2) is 42.0 Å². The van der Waals surface area contributed by atoms with Crippen molar-refractivity contribution in [1.29, 1.82) is 0 Å². The Morgan fingerprint density at radius 3 is 2.77 bits per heavy atom. The number of aromatic nitrogens is 1. The van der Waals surface area contributed by atoms with Crippen LogP contribution in [0.1, 0.15) is 28.2 Å². The summed E-state index contributed by atoms with van der Waals surface area (Å²) in [7, 11) is 0. The van der Waals surface area contributed by atoms with Crippen LogP contribution in [0.15, 0.2) is 35.1 Å². The molecule has 0 atom stereocenters. The van der Waals surface area contributed by atoms with E-state index >= 15 is 0 Å². The number of hydrogen-bond donors (Lipinski definition) is 0. The number of nitrogens with zero attached hydrogens (tertiary/aromatic N) is 3. The maximum atomic E-state index is 12.6. The lowest BCUT2D eigenvalue weighted by atomic mass is 10.2. The predicted molar refractivity (Wildman–Crippen MR) is 85.2 cm³/mol. The average Bonchev–Trinajstić information content (AvgIpc) is 2.79. The first-order valence-electron chi connectivity index (χ1n) is 7.66. The van der Waals surface area contributed by atoms with Gasteiger partial charge < -0.3 is 14.2 Å². The monoisotopic (exact) mass is 299 g/mol. The first kappa shape index (κ1) is 14.6. The molecule has 0 radical (unpaired) electrons. The van der Waals surface area contributed by atoms with Crippen molar-refractivity contribution < 1.29 is 9.21 Å². The zero-order chi connectivity index (χ0) is 15.5. The molecular formula is C17H21N3O2. The Kier molecular flexibility index (Phi) is 4.13. The summed E-state index contributed by atoms with van der Waals surface area (Å²) in [6.45, 7) is 7.13. The number of rotatable bonds is 2. The molecule has 1 saturated heterocycles. The number of furan rings is 1. The Hall–Kier alpha value is -2.30. The molecule has 1 aliphatic rings. The number of anilines is 1. The third kappa shape index (κ3) is 2.98. The highest BCUT2D eigenvalue weighted by atomic mass is 16.3. The van der Waals surface area contributed by atoms with Gasteiger partial charge in [0, 0.05) is 43.8 Å². The molecule has 22 heavy (non-hydrogen) atoms. The highest BCUT2D eigenvalue weighted by molar-refractivity contribution is 5.95. The molecule has 1 fully saturated rings. The smallest absolute Gasteiger partial charge is 0.257 e. The molecule has 3 rings (SSSR count). The maximum Gasteiger partial charge on any atom is 0.257 e. The van der Waals surface area contributed by atoms with Crippen LogP contribution in [0, 0.1) is 13.8 Å². The van der Waals surface area contributed by atoms with Crippen LogP contribution in [0.2, 0.25) is 0 Å². The number of pyridine rings is 1. The molecule has 1 amide bonds. The minimum Gasteiger partial charge on any atom is -0.469 e. The Labute approximate surface area is 130 Å². The van der Waals surface area contributed by atoms with Gasteiger partial charge in [0.2, 0.25) is 0 Å². The zero-order valence-corrected chi connectivity index (χ0v) is 13.1. The molecule has 0 aliphatic carbocycles. The minimum absolute atomic E-state index is 0.0685. The van der Waals surface area contributed by atoms with Crippen LogP contribution in [-0.2, 0) is 0 Å². The van der Waals surface area contributed by atoms with Crippen LogP contribution in [0.25, 0.3) is 0 Å². The maximum absolute atomic E-state index is 12.6. The number of carbonyl (C=O) groups is 1. The van der Waals surface area contributed by atoms with Crippen LogP contribution in [0.3, 0.4) is 0 Å². The summed E-state index contributed by atoms with van der Waals surface area (Å²) >= 11 is 0. The third-order valence-electron chi connectivity index (χ3n) is 4.12. The van der Waals surface area contributed by atoms with Crippen LogP contribution >= 0.6 is 0 Å². The van der Waals surface area contributed by atoms with Gasteiger partial charge in [-0.3, -0.25) is 9.78 Å². The van der Waals surface area contributed by atoms with Crippen molar-refractivity contribution in [1.82, 2.24) is 9.88 Å². The van der Waals surface area contributed by atoms with Crippen LogP contribution in [0.4, 0.5) is 5.69 Å². The van der Waals surface area contributed by atoms with Crippen molar-refractivity contribution >= 4 is 11.6 Å². The average molecular weight is 299 g/mol. The quantitative estimate of drug-likeness (QED) is 0.855. The molecular weight excluding hydrogens is 278 g/mol. The molecule has 0 aromatic carbocycles. The lowest BCUT2D eigenvalue weighted by Gasteiger charge is -2.23. The third-order valence-corrected chi connectivity index (χ3v) is 4.12. The van der Waals surface area contributed by atoms with E-state index in [1.54, 1.807) is 12.3 Å². The largest absolute Gasteiger partial charge is 0.469 e. The van der Waals surface area contributed by atoms with E-state index in [4.69, 9.17) is 4.42 Å². The molecule has 0 saturated carbocycles. The lowest BCUT2D eigenvalue weighted by molar-refractivity contribution is 0.0765. The van der Waals surface area contributed by atoms with Gasteiger partial charge >= 0.3 is 0 Å². The molecule has 5 heteroatoms. The number of carbonyl (C=O) groups excluding carboxylic acids is 1. The summed E-state index contributed by atoms with van der Waals surface area (Å²) in [4.78, 5) is 21.1. The van der Waals surface area contributed by atoms with E-state index in [0.717, 1.165) is 38.3 Å². The SMILES string of the molecule is Cc1cc(N2CCCN(C(=O)c3ccoc3C)CC2)ccn1. The van der Waals surface area contributed by atoms with Gasteiger partial charge in [0.25, 0.3) is 5.91 Å². The van der Waals surface area contributed by atoms with E-state index in [2.05, 4.69) is 16.0 Å². The van der Waals surface area contributed by atoms with Gasteiger partial charge in [-0.15, -0.1) is 0 Å². The van der Waals surface area contributed by atoms with Gasteiger partial charge in [0.1, 0.15) is 5.76 Å². The molecule has 0 spiro atoms. The molecule has 1 aliphatic heterocycles. The fourth-order valence-electron chi connectivity index (χ4n) is 2.88. The summed E-state index contributed by atoms with van der Waals surface area (Å²) in [6, 6.07) is 5.88. The molecule has 0 bridgehead atoms. The second-order valence-electron chi connectivity index (χ2n) is 5.68. The Morgan fingerprint density at radius 2 is 2.05 bits per heavy atom. The molecule has 3 heterocycles. The Morgan fingerprint density at radius 1 is 1.18 bits per heavy atom. The van der Waals surface area contributed by atoms with E-state index < -0.39 is 0 Å². The van der Waals surface area contributed by atoms with Gasteiger partial charge in [-0.1, -0.05) is 0 Å². The summed E-state index contributed by atoms with van der Waals surface area (Å²) < 4.78 is 5.25. The molecule has 2 aromatic rings. The highest BCUT2D eigenvalue weighted by Crippen LogP contribution is 2.18. The summed E-state index contributed by atoms with van der Waals surface area (Å²) in [5.41, 5.74) is 2.87. The molecule has 2 aromatic heterocycles. The standard InChI is InChI=1S/C17H21N3O2/c1-13-12-15(4-6-18-13)19-7-3-8-20(10-9-19)17(21)16-5-11-22-14(16)2/h4-6,11-12H,3,7-10H2,1-2H3. The van der Waals surface area contributed by atoms with Crippen molar-refractivity contribution in [3.63, 3.8) is 0 Å². The van der Waals surface area contributed by atoms with Gasteiger partial charge in [0.15, 0.2) is 0 Å². The van der Waals surface area contributed by atoms with E-state index in [1.807, 2.05) is 31.0 Å². The van der Waals surface area contributed by atoms with Crippen LogP contribution in [0.5, 0.6) is 0 Å². The minimum atomic E-state index is 0.0685. The first-order chi connectivity index (χ1) is 10.6. The topological polar surface area (TPSA) is 49.6 Å². The van der Waals surface area contributed by atoms with E-state index in [-0.39, 0.29) is 5.91 Å². The van der Waals surface area contributed by atoms with Crippen molar-refractivity contribution in [3.05, 3.63) is 47.7 Å².